The maximum Gasteiger partial charge on any atom is 0.261 e. The number of H-pyrrole nitrogens is 2. The van der Waals surface area contributed by atoms with Gasteiger partial charge < -0.3 is 16.0 Å². The monoisotopic (exact) mass is 428 g/mol. The number of nitrogens with zero attached hydrogens (tertiary/aromatic N) is 2. The molecule has 4 heterocycles. The average molecular weight is 429 g/mol. The number of amides is 1. The van der Waals surface area contributed by atoms with Crippen LogP contribution in [0.4, 0.5) is 0 Å². The molecule has 0 saturated carbocycles. The van der Waals surface area contributed by atoms with E-state index in [0.717, 1.165) is 38.2 Å². The van der Waals surface area contributed by atoms with Crippen molar-refractivity contribution in [1.29, 1.82) is 0 Å². The molecule has 0 fully saturated rings. The van der Waals surface area contributed by atoms with E-state index in [2.05, 4.69) is 25.5 Å². The van der Waals surface area contributed by atoms with Crippen LogP contribution in [-0.2, 0) is 0 Å². The molecule has 0 saturated heterocycles. The van der Waals surface area contributed by atoms with E-state index in [1.165, 1.54) is 11.3 Å². The first-order chi connectivity index (χ1) is 15.2. The third-order valence-electron chi connectivity index (χ3n) is 5.21. The Kier molecular flexibility index (Phi) is 5.07. The number of aromatic amines is 2. The highest BCUT2D eigenvalue weighted by molar-refractivity contribution is 7.18. The Morgan fingerprint density at radius 3 is 2.81 bits per heavy atom. The molecule has 1 amide bonds. The van der Waals surface area contributed by atoms with E-state index in [1.807, 2.05) is 60.9 Å². The van der Waals surface area contributed by atoms with Crippen molar-refractivity contribution < 1.29 is 4.79 Å². The quantitative estimate of drug-likeness (QED) is 0.326. The average Bonchev–Trinajstić information content (AvgIpc) is 3.57. The van der Waals surface area contributed by atoms with Crippen molar-refractivity contribution in [2.45, 2.75) is 6.04 Å². The number of benzene rings is 1. The van der Waals surface area contributed by atoms with Gasteiger partial charge in [-0.25, -0.2) is 4.98 Å². The molecular weight excluding hydrogens is 408 g/mol. The number of thiophene rings is 1. The zero-order valence-corrected chi connectivity index (χ0v) is 17.3. The lowest BCUT2D eigenvalue weighted by molar-refractivity contribution is 0.0942. The van der Waals surface area contributed by atoms with E-state index in [0.29, 0.717) is 11.4 Å². The van der Waals surface area contributed by atoms with Gasteiger partial charge in [0.05, 0.1) is 17.1 Å². The van der Waals surface area contributed by atoms with E-state index >= 15 is 0 Å². The lowest BCUT2D eigenvalue weighted by atomic mass is 10.0. The first kappa shape index (κ1) is 19.2. The first-order valence-corrected chi connectivity index (χ1v) is 10.7. The first-order valence-electron chi connectivity index (χ1n) is 9.86. The largest absolute Gasteiger partial charge is 0.346 e. The Morgan fingerprint density at radius 2 is 2.03 bits per heavy atom. The minimum Gasteiger partial charge on any atom is -0.346 e. The molecule has 5 rings (SSSR count). The molecule has 0 aliphatic heterocycles. The minimum absolute atomic E-state index is 0.153. The third kappa shape index (κ3) is 3.63. The Morgan fingerprint density at radius 1 is 1.16 bits per heavy atom. The fourth-order valence-corrected chi connectivity index (χ4v) is 4.79. The molecule has 1 unspecified atom stereocenters. The SMILES string of the molecule is NCC(NC(=O)c1cc(-c2cn[nH]c2)c(-c2ccnc3[nH]ccc23)s1)c1ccccc1. The van der Waals surface area contributed by atoms with Crippen molar-refractivity contribution in [1.82, 2.24) is 25.5 Å². The number of nitrogens with one attached hydrogen (secondary N) is 3. The van der Waals surface area contributed by atoms with Crippen LogP contribution < -0.4 is 11.1 Å². The number of carbonyl (C=O) groups excluding carboxylic acids is 1. The summed E-state index contributed by atoms with van der Waals surface area (Å²) in [5, 5.41) is 11.0. The van der Waals surface area contributed by atoms with E-state index < -0.39 is 0 Å². The lowest BCUT2D eigenvalue weighted by Crippen LogP contribution is -2.32. The van der Waals surface area contributed by atoms with Crippen LogP contribution in [0.1, 0.15) is 21.3 Å². The zero-order valence-electron chi connectivity index (χ0n) is 16.5. The molecule has 5 N–H and O–H groups in total. The summed E-state index contributed by atoms with van der Waals surface area (Å²) < 4.78 is 0. The number of pyridine rings is 1. The molecule has 7 nitrogen and oxygen atoms in total. The van der Waals surface area contributed by atoms with Crippen molar-refractivity contribution in [2.24, 2.45) is 5.73 Å². The summed E-state index contributed by atoms with van der Waals surface area (Å²) in [5.41, 5.74) is 10.6. The van der Waals surface area contributed by atoms with Gasteiger partial charge in [0, 0.05) is 52.1 Å². The summed E-state index contributed by atoms with van der Waals surface area (Å²) in [4.78, 5) is 22.3. The highest BCUT2D eigenvalue weighted by Gasteiger charge is 2.21. The molecule has 0 aliphatic carbocycles. The number of rotatable bonds is 6. The van der Waals surface area contributed by atoms with E-state index in [9.17, 15) is 4.79 Å². The third-order valence-corrected chi connectivity index (χ3v) is 6.38. The molecule has 0 radical (unpaired) electrons. The number of hydrogen-bond donors (Lipinski definition) is 4. The smallest absolute Gasteiger partial charge is 0.261 e. The van der Waals surface area contributed by atoms with Gasteiger partial charge in [-0.2, -0.15) is 5.10 Å². The molecule has 31 heavy (non-hydrogen) atoms. The predicted octanol–water partition coefficient (Wildman–Crippen LogP) is 4.11. The standard InChI is InChI=1S/C23H20N6OS/c24-11-19(14-4-2-1-3-5-14)29-23(30)20-10-18(15-12-27-28-13-15)21(31-20)16-6-8-25-22-17(16)7-9-26-22/h1-10,12-13,19H,11,24H2,(H,25,26)(H,27,28)(H,29,30). The second-order valence-electron chi connectivity index (χ2n) is 7.11. The Balaban J connectivity index is 1.55. The molecule has 154 valence electrons. The van der Waals surface area contributed by atoms with Crippen LogP contribution >= 0.6 is 11.3 Å². The van der Waals surface area contributed by atoms with Crippen LogP contribution in [0.2, 0.25) is 0 Å². The summed E-state index contributed by atoms with van der Waals surface area (Å²) in [5.74, 6) is -0.153. The van der Waals surface area contributed by atoms with Gasteiger partial charge in [-0.1, -0.05) is 30.3 Å². The van der Waals surface area contributed by atoms with Gasteiger partial charge in [0.2, 0.25) is 0 Å². The summed E-state index contributed by atoms with van der Waals surface area (Å²) in [6.07, 6.45) is 7.23. The molecular formula is C23H20N6OS. The minimum atomic E-state index is -0.256. The Hall–Kier alpha value is -3.75. The van der Waals surface area contributed by atoms with Gasteiger partial charge in [-0.15, -0.1) is 11.3 Å². The molecule has 1 atom stereocenters. The van der Waals surface area contributed by atoms with Gasteiger partial charge in [0.25, 0.3) is 5.91 Å². The normalized spacial score (nSPS) is 12.2. The molecule has 5 aromatic rings. The van der Waals surface area contributed by atoms with Crippen molar-refractivity contribution in [3.05, 3.63) is 83.8 Å². The molecule has 8 heteroatoms. The van der Waals surface area contributed by atoms with Gasteiger partial charge in [0.1, 0.15) is 5.65 Å². The van der Waals surface area contributed by atoms with Crippen LogP contribution in [0.5, 0.6) is 0 Å². The van der Waals surface area contributed by atoms with Gasteiger partial charge in [0.15, 0.2) is 0 Å². The number of aromatic nitrogens is 4. The van der Waals surface area contributed by atoms with Crippen LogP contribution in [0, 0.1) is 0 Å². The summed E-state index contributed by atoms with van der Waals surface area (Å²) in [6.45, 7) is 0.316. The van der Waals surface area contributed by atoms with Gasteiger partial charge in [-0.05, 0) is 23.8 Å². The molecule has 1 aromatic carbocycles. The zero-order chi connectivity index (χ0) is 21.2. The fourth-order valence-electron chi connectivity index (χ4n) is 3.67. The summed E-state index contributed by atoms with van der Waals surface area (Å²) >= 11 is 1.45. The van der Waals surface area contributed by atoms with Crippen LogP contribution in [0.25, 0.3) is 32.6 Å². The topological polar surface area (TPSA) is 112 Å². The number of hydrogen-bond acceptors (Lipinski definition) is 5. The predicted molar refractivity (Wildman–Crippen MR) is 123 cm³/mol. The molecule has 0 spiro atoms. The van der Waals surface area contributed by atoms with Gasteiger partial charge in [-0.3, -0.25) is 9.89 Å². The van der Waals surface area contributed by atoms with E-state index in [4.69, 9.17) is 5.73 Å². The molecule has 4 aromatic heterocycles. The number of fused-ring (bicyclic) bond motifs is 1. The van der Waals surface area contributed by atoms with Crippen LogP contribution in [0.3, 0.4) is 0 Å². The van der Waals surface area contributed by atoms with Gasteiger partial charge >= 0.3 is 0 Å². The van der Waals surface area contributed by atoms with E-state index in [1.54, 1.807) is 12.4 Å². The lowest BCUT2D eigenvalue weighted by Gasteiger charge is -2.16. The fraction of sp³-hybridized carbons (Fsp3) is 0.0870. The highest BCUT2D eigenvalue weighted by Crippen LogP contribution is 2.41. The van der Waals surface area contributed by atoms with Crippen molar-refractivity contribution in [3.8, 4) is 21.6 Å². The molecule has 0 aliphatic rings. The van der Waals surface area contributed by atoms with Crippen molar-refractivity contribution >= 4 is 28.3 Å². The van der Waals surface area contributed by atoms with E-state index in [-0.39, 0.29) is 11.9 Å². The second kappa shape index (κ2) is 8.17. The van der Waals surface area contributed by atoms with Crippen LogP contribution in [-0.4, -0.2) is 32.6 Å². The second-order valence-corrected chi connectivity index (χ2v) is 8.16. The Labute approximate surface area is 182 Å². The summed E-state index contributed by atoms with van der Waals surface area (Å²) in [6, 6.07) is 15.4. The van der Waals surface area contributed by atoms with Crippen molar-refractivity contribution in [3.63, 3.8) is 0 Å². The Bertz CT molecular complexity index is 1320. The molecule has 0 bridgehead atoms. The number of carbonyl (C=O) groups is 1. The highest BCUT2D eigenvalue weighted by atomic mass is 32.1. The maximum absolute atomic E-state index is 13.2. The number of nitrogens with two attached hydrogens (primary N) is 1. The maximum atomic E-state index is 13.2. The van der Waals surface area contributed by atoms with Crippen molar-refractivity contribution in [2.75, 3.05) is 6.54 Å². The summed E-state index contributed by atoms with van der Waals surface area (Å²) in [7, 11) is 0. The van der Waals surface area contributed by atoms with Crippen LogP contribution in [0.15, 0.2) is 73.3 Å².